The second-order valence-corrected chi connectivity index (χ2v) is 7.70. The third kappa shape index (κ3) is 2.88. The Kier molecular flexibility index (Phi) is 4.08. The number of para-hydroxylation sites is 1. The lowest BCUT2D eigenvalue weighted by Crippen LogP contribution is -2.63. The summed E-state index contributed by atoms with van der Waals surface area (Å²) < 4.78 is 0. The zero-order chi connectivity index (χ0) is 18.3. The molecule has 6 heteroatoms. The number of piperidine rings is 1. The first-order valence-electron chi connectivity index (χ1n) is 9.99. The van der Waals surface area contributed by atoms with E-state index in [1.165, 1.54) is 22.6 Å². The van der Waals surface area contributed by atoms with Gasteiger partial charge in [-0.2, -0.15) is 0 Å². The fraction of sp³-hybridized carbons (Fsp3) is 0.476. The summed E-state index contributed by atoms with van der Waals surface area (Å²) in [6.07, 6.45) is 7.04. The Morgan fingerprint density at radius 3 is 2.63 bits per heavy atom. The van der Waals surface area contributed by atoms with Crippen molar-refractivity contribution in [2.45, 2.75) is 38.4 Å². The van der Waals surface area contributed by atoms with Gasteiger partial charge in [0, 0.05) is 74.6 Å². The molecule has 6 nitrogen and oxygen atoms in total. The highest BCUT2D eigenvalue weighted by Gasteiger charge is 2.46. The van der Waals surface area contributed by atoms with Gasteiger partial charge in [-0.05, 0) is 12.1 Å². The van der Waals surface area contributed by atoms with Crippen molar-refractivity contribution >= 4 is 11.5 Å². The van der Waals surface area contributed by atoms with Crippen molar-refractivity contribution < 1.29 is 0 Å². The molecule has 1 spiro atoms. The van der Waals surface area contributed by atoms with E-state index in [1.807, 2.05) is 12.4 Å². The molecule has 0 saturated carbocycles. The van der Waals surface area contributed by atoms with Gasteiger partial charge in [0.25, 0.3) is 0 Å². The first-order chi connectivity index (χ1) is 13.3. The highest BCUT2D eigenvalue weighted by Crippen LogP contribution is 2.39. The molecule has 0 aliphatic carbocycles. The van der Waals surface area contributed by atoms with Crippen molar-refractivity contribution in [3.8, 4) is 0 Å². The normalized spacial score (nSPS) is 20.8. The van der Waals surface area contributed by atoms with Crippen LogP contribution in [0.25, 0.3) is 0 Å². The van der Waals surface area contributed by atoms with Crippen molar-refractivity contribution in [1.29, 1.82) is 0 Å². The number of aryl methyl sites for hydroxylation is 1. The Balaban J connectivity index is 1.31. The quantitative estimate of drug-likeness (QED) is 0.909. The molecule has 0 unspecified atom stereocenters. The Labute approximate surface area is 160 Å². The number of fused-ring (bicyclic) bond motifs is 4. The number of nitrogens with zero attached hydrogens (tertiary/aromatic N) is 5. The third-order valence-electron chi connectivity index (χ3n) is 6.06. The molecule has 0 atom stereocenters. The van der Waals surface area contributed by atoms with E-state index in [9.17, 15) is 0 Å². The third-order valence-corrected chi connectivity index (χ3v) is 6.06. The Bertz CT molecular complexity index is 851. The second-order valence-electron chi connectivity index (χ2n) is 7.70. The maximum atomic E-state index is 4.82. The Hall–Kier alpha value is -2.47. The van der Waals surface area contributed by atoms with Crippen LogP contribution < -0.4 is 5.32 Å². The summed E-state index contributed by atoms with van der Waals surface area (Å²) in [5, 5.41) is 3.88. The molecule has 2 aromatic rings. The summed E-state index contributed by atoms with van der Waals surface area (Å²) in [5.74, 6) is 2.10. The molecule has 0 bridgehead atoms. The van der Waals surface area contributed by atoms with Gasteiger partial charge in [0.05, 0.1) is 6.54 Å². The summed E-state index contributed by atoms with van der Waals surface area (Å²) in [6, 6.07) is 8.58. The number of hydrogen-bond donors (Lipinski definition) is 1. The van der Waals surface area contributed by atoms with E-state index < -0.39 is 0 Å². The van der Waals surface area contributed by atoms with Crippen LogP contribution in [-0.4, -0.2) is 57.4 Å². The standard InChI is InChI=1S/C21H26N6/c1-2-19-23-13-16(14-24-19)15-26-10-7-21(8-11-26)25-18-6-4-3-5-17(18)20-22-9-12-27(20)21/h3-6,13-14,25H,2,7-12,15H2,1H3. The van der Waals surface area contributed by atoms with Crippen LogP contribution in [-0.2, 0) is 13.0 Å². The van der Waals surface area contributed by atoms with Crippen molar-refractivity contribution in [3.63, 3.8) is 0 Å². The number of benzene rings is 1. The van der Waals surface area contributed by atoms with Crippen LogP contribution in [0.1, 0.15) is 36.7 Å². The van der Waals surface area contributed by atoms with Gasteiger partial charge >= 0.3 is 0 Å². The molecule has 0 amide bonds. The highest BCUT2D eigenvalue weighted by molar-refractivity contribution is 6.06. The molecule has 1 aromatic heterocycles. The number of rotatable bonds is 3. The second kappa shape index (κ2) is 6.60. The molecule has 4 heterocycles. The summed E-state index contributed by atoms with van der Waals surface area (Å²) >= 11 is 0. The predicted molar refractivity (Wildman–Crippen MR) is 107 cm³/mol. The fourth-order valence-electron chi connectivity index (χ4n) is 4.58. The average molecular weight is 362 g/mol. The number of amidine groups is 1. The highest BCUT2D eigenvalue weighted by atomic mass is 15.4. The smallest absolute Gasteiger partial charge is 0.134 e. The number of aromatic nitrogens is 2. The number of nitrogens with one attached hydrogen (secondary N) is 1. The van der Waals surface area contributed by atoms with Crippen LogP contribution >= 0.6 is 0 Å². The van der Waals surface area contributed by atoms with Gasteiger partial charge in [-0.25, -0.2) is 9.97 Å². The van der Waals surface area contributed by atoms with Gasteiger partial charge in [-0.15, -0.1) is 0 Å². The van der Waals surface area contributed by atoms with E-state index >= 15 is 0 Å². The van der Waals surface area contributed by atoms with Crippen molar-refractivity contribution in [3.05, 3.63) is 53.6 Å². The molecule has 1 N–H and O–H groups in total. The zero-order valence-electron chi connectivity index (χ0n) is 15.9. The van der Waals surface area contributed by atoms with Crippen LogP contribution in [0.2, 0.25) is 0 Å². The molecular formula is C21H26N6. The first-order valence-corrected chi connectivity index (χ1v) is 9.99. The number of aliphatic imine (C=N–C) groups is 1. The van der Waals surface area contributed by atoms with Crippen LogP contribution in [0.4, 0.5) is 5.69 Å². The van der Waals surface area contributed by atoms with Gasteiger partial charge < -0.3 is 10.2 Å². The van der Waals surface area contributed by atoms with Crippen molar-refractivity contribution in [2.75, 3.05) is 31.5 Å². The fourth-order valence-corrected chi connectivity index (χ4v) is 4.58. The molecule has 5 rings (SSSR count). The minimum Gasteiger partial charge on any atom is -0.362 e. The van der Waals surface area contributed by atoms with Gasteiger partial charge in [0.1, 0.15) is 17.3 Å². The summed E-state index contributed by atoms with van der Waals surface area (Å²) in [4.78, 5) is 18.7. The number of likely N-dealkylation sites (tertiary alicyclic amines) is 1. The largest absolute Gasteiger partial charge is 0.362 e. The minimum atomic E-state index is 0.00273. The summed E-state index contributed by atoms with van der Waals surface area (Å²) in [5.41, 5.74) is 3.68. The maximum Gasteiger partial charge on any atom is 0.134 e. The maximum absolute atomic E-state index is 4.82. The van der Waals surface area contributed by atoms with Crippen molar-refractivity contribution in [1.82, 2.24) is 19.8 Å². The van der Waals surface area contributed by atoms with E-state index in [4.69, 9.17) is 4.99 Å². The zero-order valence-corrected chi connectivity index (χ0v) is 15.9. The van der Waals surface area contributed by atoms with Gasteiger partial charge in [0.15, 0.2) is 0 Å². The molecule has 140 valence electrons. The van der Waals surface area contributed by atoms with Crippen LogP contribution in [0, 0.1) is 0 Å². The molecule has 1 saturated heterocycles. The lowest BCUT2D eigenvalue weighted by Gasteiger charge is -2.52. The number of hydrogen-bond acceptors (Lipinski definition) is 6. The molecule has 1 fully saturated rings. The van der Waals surface area contributed by atoms with E-state index in [-0.39, 0.29) is 5.66 Å². The predicted octanol–water partition coefficient (Wildman–Crippen LogP) is 2.52. The molecule has 0 radical (unpaired) electrons. The van der Waals surface area contributed by atoms with Crippen LogP contribution in [0.3, 0.4) is 0 Å². The van der Waals surface area contributed by atoms with Crippen LogP contribution in [0.15, 0.2) is 41.7 Å². The Morgan fingerprint density at radius 2 is 1.85 bits per heavy atom. The van der Waals surface area contributed by atoms with E-state index in [2.05, 4.69) is 56.3 Å². The van der Waals surface area contributed by atoms with Gasteiger partial charge in [-0.3, -0.25) is 9.89 Å². The molecule has 3 aliphatic heterocycles. The molecule has 3 aliphatic rings. The Morgan fingerprint density at radius 1 is 1.07 bits per heavy atom. The van der Waals surface area contributed by atoms with E-state index in [1.54, 1.807) is 0 Å². The minimum absolute atomic E-state index is 0.00273. The van der Waals surface area contributed by atoms with Gasteiger partial charge in [0.2, 0.25) is 0 Å². The molecule has 1 aromatic carbocycles. The molecule has 27 heavy (non-hydrogen) atoms. The average Bonchev–Trinajstić information content (AvgIpc) is 3.22. The van der Waals surface area contributed by atoms with Gasteiger partial charge in [-0.1, -0.05) is 19.1 Å². The lowest BCUT2D eigenvalue weighted by atomic mass is 9.90. The topological polar surface area (TPSA) is 56.7 Å². The summed E-state index contributed by atoms with van der Waals surface area (Å²) in [6.45, 7) is 7.06. The first kappa shape index (κ1) is 16.7. The molecular weight excluding hydrogens is 336 g/mol. The van der Waals surface area contributed by atoms with E-state index in [0.717, 1.165) is 57.8 Å². The lowest BCUT2D eigenvalue weighted by molar-refractivity contribution is 0.0894. The monoisotopic (exact) mass is 362 g/mol. The number of anilines is 1. The SMILES string of the molecule is CCc1ncc(CN2CCC3(CC2)Nc2ccccc2C2=NCCN23)cn1. The van der Waals surface area contributed by atoms with Crippen molar-refractivity contribution in [2.24, 2.45) is 4.99 Å². The summed E-state index contributed by atoms with van der Waals surface area (Å²) in [7, 11) is 0. The van der Waals surface area contributed by atoms with E-state index in [0.29, 0.717) is 0 Å². The van der Waals surface area contributed by atoms with Crippen LogP contribution in [0.5, 0.6) is 0 Å².